The van der Waals surface area contributed by atoms with E-state index in [9.17, 15) is 4.79 Å². The van der Waals surface area contributed by atoms with E-state index in [2.05, 4.69) is 28.4 Å². The summed E-state index contributed by atoms with van der Waals surface area (Å²) in [6.07, 6.45) is 1.00. The number of piperazine rings is 1. The summed E-state index contributed by atoms with van der Waals surface area (Å²) in [4.78, 5) is 16.9. The van der Waals surface area contributed by atoms with Crippen LogP contribution in [0.3, 0.4) is 0 Å². The molecule has 0 saturated carbocycles. The van der Waals surface area contributed by atoms with Gasteiger partial charge in [0.05, 0.1) is 12.6 Å². The van der Waals surface area contributed by atoms with Crippen molar-refractivity contribution < 1.29 is 9.53 Å². The molecule has 0 aliphatic carbocycles. The number of urea groups is 1. The maximum Gasteiger partial charge on any atom is 0.317 e. The maximum atomic E-state index is 12.6. The largest absolute Gasteiger partial charge is 0.493 e. The number of fused-ring (bicyclic) bond motifs is 1. The molecule has 0 aromatic heterocycles. The molecular weight excluding hydrogens is 374 g/mol. The molecule has 1 atom stereocenters. The first-order valence-corrected chi connectivity index (χ1v) is 10.2. The molecule has 0 spiro atoms. The summed E-state index contributed by atoms with van der Waals surface area (Å²) < 4.78 is 5.58. The number of hydrogen-bond donors (Lipinski definition) is 1. The topological polar surface area (TPSA) is 44.8 Å². The van der Waals surface area contributed by atoms with Gasteiger partial charge in [-0.25, -0.2) is 4.79 Å². The van der Waals surface area contributed by atoms with E-state index in [4.69, 9.17) is 16.3 Å². The maximum absolute atomic E-state index is 12.6. The summed E-state index contributed by atoms with van der Waals surface area (Å²) in [6, 6.07) is 14.0. The predicted octanol–water partition coefficient (Wildman–Crippen LogP) is 3.86. The van der Waals surface area contributed by atoms with E-state index in [1.54, 1.807) is 0 Å². The van der Waals surface area contributed by atoms with Gasteiger partial charge in [0.15, 0.2) is 0 Å². The highest BCUT2D eigenvalue weighted by molar-refractivity contribution is 6.30. The SMILES string of the molecule is CC(NC(=O)N1CCN(Cc2ccc3c(c2)CCO3)CC1)c1ccc(Cl)cc1. The van der Waals surface area contributed by atoms with Gasteiger partial charge in [0.1, 0.15) is 5.75 Å². The van der Waals surface area contributed by atoms with Gasteiger partial charge < -0.3 is 15.0 Å². The highest BCUT2D eigenvalue weighted by Gasteiger charge is 2.23. The van der Waals surface area contributed by atoms with Crippen molar-refractivity contribution in [3.63, 3.8) is 0 Å². The van der Waals surface area contributed by atoms with E-state index < -0.39 is 0 Å². The van der Waals surface area contributed by atoms with Crippen LogP contribution >= 0.6 is 11.6 Å². The molecule has 1 N–H and O–H groups in total. The van der Waals surface area contributed by atoms with Gasteiger partial charge >= 0.3 is 6.03 Å². The Labute approximate surface area is 171 Å². The number of benzene rings is 2. The number of amides is 2. The van der Waals surface area contributed by atoms with Crippen molar-refractivity contribution in [2.24, 2.45) is 0 Å². The van der Waals surface area contributed by atoms with Crippen molar-refractivity contribution in [1.29, 1.82) is 0 Å². The van der Waals surface area contributed by atoms with Crippen LogP contribution < -0.4 is 10.1 Å². The first kappa shape index (κ1) is 19.1. The normalized spacial score (nSPS) is 17.7. The number of nitrogens with one attached hydrogen (secondary N) is 1. The lowest BCUT2D eigenvalue weighted by Crippen LogP contribution is -2.51. The molecule has 6 heteroatoms. The van der Waals surface area contributed by atoms with Gasteiger partial charge in [-0.2, -0.15) is 0 Å². The average Bonchev–Trinajstić information content (AvgIpc) is 3.17. The number of rotatable bonds is 4. The molecule has 0 bridgehead atoms. The number of nitrogens with zero attached hydrogens (tertiary/aromatic N) is 2. The smallest absolute Gasteiger partial charge is 0.317 e. The third-order valence-corrected chi connectivity index (χ3v) is 5.78. The van der Waals surface area contributed by atoms with Gasteiger partial charge in [-0.3, -0.25) is 4.90 Å². The fourth-order valence-corrected chi connectivity index (χ4v) is 3.94. The summed E-state index contributed by atoms with van der Waals surface area (Å²) >= 11 is 5.94. The highest BCUT2D eigenvalue weighted by Crippen LogP contribution is 2.26. The molecule has 2 aromatic rings. The zero-order valence-electron chi connectivity index (χ0n) is 16.2. The van der Waals surface area contributed by atoms with E-state index in [0.29, 0.717) is 5.02 Å². The molecule has 2 heterocycles. The number of halogens is 1. The van der Waals surface area contributed by atoms with Crippen LogP contribution in [0, 0.1) is 0 Å². The van der Waals surface area contributed by atoms with Crippen molar-refractivity contribution in [3.8, 4) is 5.75 Å². The predicted molar refractivity (Wildman–Crippen MR) is 111 cm³/mol. The van der Waals surface area contributed by atoms with Crippen LogP contribution in [0.5, 0.6) is 5.75 Å². The standard InChI is InChI=1S/C22H26ClN3O2/c1-16(18-3-5-20(23)6-4-18)24-22(27)26-11-9-25(10-12-26)15-17-2-7-21-19(14-17)8-13-28-21/h2-7,14,16H,8-13,15H2,1H3,(H,24,27). The third-order valence-electron chi connectivity index (χ3n) is 5.53. The zero-order valence-corrected chi connectivity index (χ0v) is 16.9. The highest BCUT2D eigenvalue weighted by atomic mass is 35.5. The second kappa shape index (κ2) is 8.41. The Balaban J connectivity index is 1.26. The molecule has 1 fully saturated rings. The summed E-state index contributed by atoms with van der Waals surface area (Å²) in [5, 5.41) is 3.79. The van der Waals surface area contributed by atoms with Gasteiger partial charge in [-0.1, -0.05) is 35.9 Å². The van der Waals surface area contributed by atoms with Crippen LogP contribution in [0.1, 0.15) is 29.7 Å². The summed E-state index contributed by atoms with van der Waals surface area (Å²) in [5.74, 6) is 1.03. The Bertz CT molecular complexity index is 832. The molecule has 2 aliphatic rings. The Hall–Kier alpha value is -2.24. The Morgan fingerprint density at radius 2 is 1.89 bits per heavy atom. The fourth-order valence-electron chi connectivity index (χ4n) is 3.82. The van der Waals surface area contributed by atoms with E-state index >= 15 is 0 Å². The van der Waals surface area contributed by atoms with Crippen LogP contribution in [0.4, 0.5) is 4.79 Å². The first-order valence-electron chi connectivity index (χ1n) is 9.86. The van der Waals surface area contributed by atoms with E-state index in [0.717, 1.165) is 57.1 Å². The molecule has 2 aromatic carbocycles. The Kier molecular flexibility index (Phi) is 5.74. The zero-order chi connectivity index (χ0) is 19.5. The number of hydrogen-bond acceptors (Lipinski definition) is 3. The first-order chi connectivity index (χ1) is 13.6. The monoisotopic (exact) mass is 399 g/mol. The molecule has 1 unspecified atom stereocenters. The van der Waals surface area contributed by atoms with Crippen molar-refractivity contribution >= 4 is 17.6 Å². The minimum absolute atomic E-state index is 0.00298. The quantitative estimate of drug-likeness (QED) is 0.848. The lowest BCUT2D eigenvalue weighted by Gasteiger charge is -2.35. The lowest BCUT2D eigenvalue weighted by molar-refractivity contribution is 0.133. The minimum atomic E-state index is -0.0450. The molecule has 0 radical (unpaired) electrons. The summed E-state index contributed by atoms with van der Waals surface area (Å²) in [5.41, 5.74) is 3.68. The molecule has 1 saturated heterocycles. The van der Waals surface area contributed by atoms with E-state index in [1.807, 2.05) is 36.1 Å². The van der Waals surface area contributed by atoms with Crippen LogP contribution in [-0.4, -0.2) is 48.6 Å². The number of carbonyl (C=O) groups is 1. The van der Waals surface area contributed by atoms with E-state index in [-0.39, 0.29) is 12.1 Å². The third kappa shape index (κ3) is 4.42. The van der Waals surface area contributed by atoms with Crippen LogP contribution in [0.25, 0.3) is 0 Å². The Morgan fingerprint density at radius 1 is 1.14 bits per heavy atom. The number of ether oxygens (including phenoxy) is 1. The van der Waals surface area contributed by atoms with Crippen molar-refractivity contribution in [3.05, 3.63) is 64.2 Å². The molecule has 5 nitrogen and oxygen atoms in total. The van der Waals surface area contributed by atoms with E-state index in [1.165, 1.54) is 11.1 Å². The molecule has 4 rings (SSSR count). The molecular formula is C22H26ClN3O2. The summed E-state index contributed by atoms with van der Waals surface area (Å²) in [7, 11) is 0. The van der Waals surface area contributed by atoms with Crippen LogP contribution in [0.2, 0.25) is 5.02 Å². The minimum Gasteiger partial charge on any atom is -0.493 e. The molecule has 2 amide bonds. The summed E-state index contributed by atoms with van der Waals surface area (Å²) in [6.45, 7) is 6.97. The van der Waals surface area contributed by atoms with Crippen molar-refractivity contribution in [2.75, 3.05) is 32.8 Å². The van der Waals surface area contributed by atoms with Gasteiger partial charge in [-0.15, -0.1) is 0 Å². The van der Waals surface area contributed by atoms with Crippen LogP contribution in [0.15, 0.2) is 42.5 Å². The van der Waals surface area contributed by atoms with Gasteiger partial charge in [0.25, 0.3) is 0 Å². The molecule has 2 aliphatic heterocycles. The number of carbonyl (C=O) groups excluding carboxylic acids is 1. The second-order valence-electron chi connectivity index (χ2n) is 7.53. The van der Waals surface area contributed by atoms with Gasteiger partial charge in [0, 0.05) is 44.2 Å². The van der Waals surface area contributed by atoms with Gasteiger partial charge in [-0.05, 0) is 41.8 Å². The molecule has 28 heavy (non-hydrogen) atoms. The molecule has 148 valence electrons. The Morgan fingerprint density at radius 3 is 2.64 bits per heavy atom. The van der Waals surface area contributed by atoms with Crippen molar-refractivity contribution in [2.45, 2.75) is 25.9 Å². The average molecular weight is 400 g/mol. The lowest BCUT2D eigenvalue weighted by atomic mass is 10.1. The van der Waals surface area contributed by atoms with Crippen LogP contribution in [-0.2, 0) is 13.0 Å². The second-order valence-corrected chi connectivity index (χ2v) is 7.96. The fraction of sp³-hybridized carbons (Fsp3) is 0.409. The van der Waals surface area contributed by atoms with Crippen molar-refractivity contribution in [1.82, 2.24) is 15.1 Å². The van der Waals surface area contributed by atoms with Gasteiger partial charge in [0.2, 0.25) is 0 Å².